The van der Waals surface area contributed by atoms with Crippen LogP contribution in [0.3, 0.4) is 0 Å². The van der Waals surface area contributed by atoms with E-state index in [-0.39, 0.29) is 35.6 Å². The highest BCUT2D eigenvalue weighted by atomic mass is 16.5. The first-order valence-corrected chi connectivity index (χ1v) is 9.54. The maximum Gasteiger partial charge on any atom is 0.224 e. The van der Waals surface area contributed by atoms with Gasteiger partial charge in [-0.3, -0.25) is 4.79 Å². The highest BCUT2D eigenvalue weighted by Crippen LogP contribution is 2.51. The highest BCUT2D eigenvalue weighted by molar-refractivity contribution is 5.79. The monoisotopic (exact) mass is 366 g/mol. The Morgan fingerprint density at radius 2 is 1.89 bits per heavy atom. The molecule has 0 saturated carbocycles. The maximum atomic E-state index is 12.8. The molecule has 5 nitrogen and oxygen atoms in total. The Balaban J connectivity index is 1.59. The van der Waals surface area contributed by atoms with Crippen molar-refractivity contribution >= 4 is 5.91 Å². The molecule has 0 bridgehead atoms. The van der Waals surface area contributed by atoms with Gasteiger partial charge in [-0.05, 0) is 54.8 Å². The lowest BCUT2D eigenvalue weighted by Crippen LogP contribution is -2.49. The maximum absolute atomic E-state index is 12.8. The zero-order valence-electron chi connectivity index (χ0n) is 15.6. The van der Waals surface area contributed by atoms with Crippen LogP contribution in [0.4, 0.5) is 0 Å². The molecule has 0 radical (unpaired) electrons. The number of aromatic hydroxyl groups is 1. The SMILES string of the molecule is CO[C@@H]1[C@@H](NC(=O)Cc2ccc(O)cc2)c2ccccc2C12CCNCC2. The normalized spacial score (nSPS) is 23.1. The number of hydrogen-bond donors (Lipinski definition) is 3. The number of hydrogen-bond acceptors (Lipinski definition) is 4. The molecule has 1 saturated heterocycles. The molecular weight excluding hydrogens is 340 g/mol. The van der Waals surface area contributed by atoms with Crippen molar-refractivity contribution in [2.45, 2.75) is 36.8 Å². The molecule has 1 fully saturated rings. The number of amides is 1. The van der Waals surface area contributed by atoms with Crippen LogP contribution >= 0.6 is 0 Å². The Morgan fingerprint density at radius 3 is 2.59 bits per heavy atom. The van der Waals surface area contributed by atoms with Crippen LogP contribution in [0.15, 0.2) is 48.5 Å². The Labute approximate surface area is 159 Å². The molecule has 1 spiro atoms. The number of benzene rings is 2. The molecule has 2 aliphatic rings. The summed E-state index contributed by atoms with van der Waals surface area (Å²) in [5, 5.41) is 16.1. The van der Waals surface area contributed by atoms with E-state index in [1.807, 2.05) is 6.07 Å². The van der Waals surface area contributed by atoms with E-state index in [0.717, 1.165) is 31.5 Å². The van der Waals surface area contributed by atoms with Gasteiger partial charge in [0.2, 0.25) is 5.91 Å². The molecule has 142 valence electrons. The molecule has 2 aromatic rings. The number of carbonyl (C=O) groups excluding carboxylic acids is 1. The van der Waals surface area contributed by atoms with Crippen LogP contribution in [0.1, 0.15) is 35.6 Å². The lowest BCUT2D eigenvalue weighted by Gasteiger charge is -2.40. The topological polar surface area (TPSA) is 70.6 Å². The first-order valence-electron chi connectivity index (χ1n) is 9.54. The minimum atomic E-state index is -0.145. The minimum absolute atomic E-state index is 0.0338. The van der Waals surface area contributed by atoms with Gasteiger partial charge in [-0.15, -0.1) is 0 Å². The summed E-state index contributed by atoms with van der Waals surface area (Å²) in [6.07, 6.45) is 2.23. The Morgan fingerprint density at radius 1 is 1.19 bits per heavy atom. The van der Waals surface area contributed by atoms with Gasteiger partial charge in [0, 0.05) is 12.5 Å². The molecule has 2 aromatic carbocycles. The van der Waals surface area contributed by atoms with Gasteiger partial charge >= 0.3 is 0 Å². The van der Waals surface area contributed by atoms with E-state index < -0.39 is 0 Å². The van der Waals surface area contributed by atoms with E-state index in [4.69, 9.17) is 4.74 Å². The van der Waals surface area contributed by atoms with E-state index in [1.165, 1.54) is 11.1 Å². The molecule has 1 aliphatic heterocycles. The van der Waals surface area contributed by atoms with E-state index in [1.54, 1.807) is 31.4 Å². The largest absolute Gasteiger partial charge is 0.508 e. The summed E-state index contributed by atoms with van der Waals surface area (Å²) in [4.78, 5) is 12.8. The van der Waals surface area contributed by atoms with E-state index in [9.17, 15) is 9.90 Å². The summed E-state index contributed by atoms with van der Waals surface area (Å²) in [6.45, 7) is 1.92. The number of phenolic OH excluding ortho intramolecular Hbond substituents is 1. The standard InChI is InChI=1S/C22H26N2O3/c1-27-21-20(24-19(26)14-15-6-8-16(25)9-7-15)17-4-2-3-5-18(17)22(21)10-12-23-13-11-22/h2-9,20-21,23,25H,10-14H2,1H3,(H,24,26)/t20-,21+/m0/s1. The summed E-state index contributed by atoms with van der Waals surface area (Å²) in [5.74, 6) is 0.171. The number of phenols is 1. The number of fused-ring (bicyclic) bond motifs is 2. The van der Waals surface area contributed by atoms with Crippen LogP contribution in [0, 0.1) is 0 Å². The predicted octanol–water partition coefficient (Wildman–Crippen LogP) is 2.44. The average molecular weight is 366 g/mol. The van der Waals surface area contributed by atoms with Gasteiger partial charge in [0.05, 0.1) is 18.6 Å². The van der Waals surface area contributed by atoms with Gasteiger partial charge in [-0.1, -0.05) is 36.4 Å². The van der Waals surface area contributed by atoms with Crippen molar-refractivity contribution in [3.63, 3.8) is 0 Å². The summed E-state index contributed by atoms with van der Waals surface area (Å²) in [7, 11) is 1.75. The predicted molar refractivity (Wildman–Crippen MR) is 104 cm³/mol. The van der Waals surface area contributed by atoms with Crippen molar-refractivity contribution < 1.29 is 14.6 Å². The first kappa shape index (κ1) is 18.0. The number of rotatable bonds is 4. The van der Waals surface area contributed by atoms with Crippen molar-refractivity contribution in [3.05, 3.63) is 65.2 Å². The quantitative estimate of drug-likeness (QED) is 0.777. The van der Waals surface area contributed by atoms with Crippen molar-refractivity contribution in [2.24, 2.45) is 0 Å². The second kappa shape index (κ2) is 7.33. The lowest BCUT2D eigenvalue weighted by molar-refractivity contribution is -0.122. The Bertz CT molecular complexity index is 813. The van der Waals surface area contributed by atoms with Crippen LogP contribution in [0.2, 0.25) is 0 Å². The zero-order valence-corrected chi connectivity index (χ0v) is 15.6. The van der Waals surface area contributed by atoms with Crippen LogP contribution in [0.5, 0.6) is 5.75 Å². The number of piperidine rings is 1. The third-order valence-corrected chi connectivity index (χ3v) is 6.05. The molecule has 3 N–H and O–H groups in total. The molecule has 5 heteroatoms. The molecule has 2 atom stereocenters. The highest BCUT2D eigenvalue weighted by Gasteiger charge is 2.53. The fourth-order valence-electron chi connectivity index (χ4n) is 4.82. The van der Waals surface area contributed by atoms with Crippen LogP contribution in [0.25, 0.3) is 0 Å². The smallest absolute Gasteiger partial charge is 0.224 e. The van der Waals surface area contributed by atoms with Crippen molar-refractivity contribution in [3.8, 4) is 5.75 Å². The van der Waals surface area contributed by atoms with Crippen LogP contribution in [-0.2, 0) is 21.4 Å². The Kier molecular flexibility index (Phi) is 4.89. The van der Waals surface area contributed by atoms with Crippen LogP contribution in [-0.4, -0.2) is 37.3 Å². The molecule has 4 rings (SSSR count). The molecule has 27 heavy (non-hydrogen) atoms. The van der Waals surface area contributed by atoms with Gasteiger partial charge < -0.3 is 20.5 Å². The molecule has 1 amide bonds. The van der Waals surface area contributed by atoms with Gasteiger partial charge in [0.15, 0.2) is 0 Å². The van der Waals surface area contributed by atoms with Crippen molar-refractivity contribution in [2.75, 3.05) is 20.2 Å². The lowest BCUT2D eigenvalue weighted by atomic mass is 9.72. The molecule has 0 unspecified atom stereocenters. The molecule has 1 aliphatic carbocycles. The van der Waals surface area contributed by atoms with Gasteiger partial charge in [0.1, 0.15) is 5.75 Å². The van der Waals surface area contributed by atoms with E-state index in [2.05, 4.69) is 28.8 Å². The Hall–Kier alpha value is -2.37. The average Bonchev–Trinajstić information content (AvgIpc) is 2.93. The summed E-state index contributed by atoms with van der Waals surface area (Å²) in [6, 6.07) is 15.0. The second-order valence-electron chi connectivity index (χ2n) is 7.54. The molecular formula is C22H26N2O3. The number of nitrogens with one attached hydrogen (secondary N) is 2. The fraction of sp³-hybridized carbons (Fsp3) is 0.409. The van der Waals surface area contributed by atoms with E-state index in [0.29, 0.717) is 0 Å². The van der Waals surface area contributed by atoms with Crippen LogP contribution < -0.4 is 10.6 Å². The summed E-state index contributed by atoms with van der Waals surface area (Å²) < 4.78 is 5.99. The summed E-state index contributed by atoms with van der Waals surface area (Å²) >= 11 is 0. The third kappa shape index (κ3) is 3.22. The van der Waals surface area contributed by atoms with Gasteiger partial charge in [-0.2, -0.15) is 0 Å². The van der Waals surface area contributed by atoms with Crippen molar-refractivity contribution in [1.29, 1.82) is 0 Å². The number of methoxy groups -OCH3 is 1. The zero-order chi connectivity index (χ0) is 18.9. The number of carbonyl (C=O) groups is 1. The first-order chi connectivity index (χ1) is 13.1. The molecule has 1 heterocycles. The number of ether oxygens (including phenoxy) is 1. The van der Waals surface area contributed by atoms with Crippen molar-refractivity contribution in [1.82, 2.24) is 10.6 Å². The van der Waals surface area contributed by atoms with Gasteiger partial charge in [0.25, 0.3) is 0 Å². The van der Waals surface area contributed by atoms with Gasteiger partial charge in [-0.25, -0.2) is 0 Å². The summed E-state index contributed by atoms with van der Waals surface area (Å²) in [5.41, 5.74) is 3.31. The fourth-order valence-corrected chi connectivity index (χ4v) is 4.82. The third-order valence-electron chi connectivity index (χ3n) is 6.05. The molecule has 0 aromatic heterocycles. The minimum Gasteiger partial charge on any atom is -0.508 e. The van der Waals surface area contributed by atoms with E-state index >= 15 is 0 Å². The second-order valence-corrected chi connectivity index (χ2v) is 7.54.